The van der Waals surface area contributed by atoms with E-state index in [4.69, 9.17) is 14.2 Å². The van der Waals surface area contributed by atoms with E-state index in [9.17, 15) is 4.79 Å². The zero-order chi connectivity index (χ0) is 20.9. The number of carbonyl (C=O) groups excluding carboxylic acids is 1. The van der Waals surface area contributed by atoms with Crippen molar-refractivity contribution in [1.29, 1.82) is 0 Å². The van der Waals surface area contributed by atoms with Gasteiger partial charge < -0.3 is 14.2 Å². The van der Waals surface area contributed by atoms with Gasteiger partial charge in [-0.3, -0.25) is 4.79 Å². The van der Waals surface area contributed by atoms with Crippen LogP contribution >= 0.6 is 0 Å². The van der Waals surface area contributed by atoms with E-state index in [1.54, 1.807) is 5.57 Å². The number of rotatable bonds is 3. The number of allylic oxidation sites excluding steroid dienone is 4. The van der Waals surface area contributed by atoms with Crippen LogP contribution < -0.4 is 0 Å². The molecule has 0 aromatic rings. The molecule has 4 nitrogen and oxygen atoms in total. The molecule has 2 saturated carbocycles. The molecule has 3 aliphatic carbocycles. The first-order valence-electron chi connectivity index (χ1n) is 11.4. The van der Waals surface area contributed by atoms with Crippen LogP contribution in [0.4, 0.5) is 0 Å². The first-order chi connectivity index (χ1) is 13.7. The van der Waals surface area contributed by atoms with Crippen molar-refractivity contribution in [1.82, 2.24) is 0 Å². The number of ether oxygens (including phenoxy) is 3. The lowest BCUT2D eigenvalue weighted by atomic mass is 9.42. The van der Waals surface area contributed by atoms with Crippen molar-refractivity contribution in [3.63, 3.8) is 0 Å². The van der Waals surface area contributed by atoms with Crippen molar-refractivity contribution in [2.45, 2.75) is 84.8 Å². The van der Waals surface area contributed by atoms with Gasteiger partial charge in [0.25, 0.3) is 0 Å². The van der Waals surface area contributed by atoms with Gasteiger partial charge in [0.05, 0.1) is 20.3 Å². The quantitative estimate of drug-likeness (QED) is 0.457. The summed E-state index contributed by atoms with van der Waals surface area (Å²) in [5.74, 6) is 0.0278. The molecule has 4 heteroatoms. The lowest BCUT2D eigenvalue weighted by Gasteiger charge is -2.64. The first kappa shape index (κ1) is 21.1. The van der Waals surface area contributed by atoms with Crippen LogP contribution in [-0.2, 0) is 19.0 Å². The SMILES string of the molecule is COC(=O)CC/C=C1\CCC=C2[C@@]1(C)CC[C@H]1C(C)(C)C3(CC[C@]21C)OCCO3. The Kier molecular flexibility index (Phi) is 5.26. The molecule has 0 radical (unpaired) electrons. The summed E-state index contributed by atoms with van der Waals surface area (Å²) in [7, 11) is 1.47. The Hall–Kier alpha value is -1.13. The molecular weight excluding hydrogens is 364 g/mol. The highest BCUT2D eigenvalue weighted by Crippen LogP contribution is 2.69. The van der Waals surface area contributed by atoms with Crippen LogP contribution in [0.5, 0.6) is 0 Å². The molecule has 0 unspecified atom stereocenters. The van der Waals surface area contributed by atoms with Crippen molar-refractivity contribution in [2.75, 3.05) is 20.3 Å². The van der Waals surface area contributed by atoms with Crippen molar-refractivity contribution >= 4 is 5.97 Å². The van der Waals surface area contributed by atoms with Gasteiger partial charge in [0, 0.05) is 23.7 Å². The highest BCUT2D eigenvalue weighted by molar-refractivity contribution is 5.69. The van der Waals surface area contributed by atoms with Crippen LogP contribution in [0, 0.1) is 22.2 Å². The number of hydrogen-bond acceptors (Lipinski definition) is 4. The molecule has 4 aliphatic rings. The van der Waals surface area contributed by atoms with E-state index in [-0.39, 0.29) is 22.2 Å². The average Bonchev–Trinajstić information content (AvgIpc) is 3.17. The molecular formula is C25H38O4. The third kappa shape index (κ3) is 3.05. The maximum atomic E-state index is 11.6. The molecule has 29 heavy (non-hydrogen) atoms. The molecule has 0 amide bonds. The lowest BCUT2D eigenvalue weighted by molar-refractivity contribution is -0.284. The van der Waals surface area contributed by atoms with Gasteiger partial charge in [0.2, 0.25) is 0 Å². The lowest BCUT2D eigenvalue weighted by Crippen LogP contribution is -2.61. The van der Waals surface area contributed by atoms with Gasteiger partial charge in [-0.15, -0.1) is 0 Å². The summed E-state index contributed by atoms with van der Waals surface area (Å²) in [5.41, 5.74) is 3.46. The molecule has 0 N–H and O–H groups in total. The van der Waals surface area contributed by atoms with Crippen molar-refractivity contribution in [2.24, 2.45) is 22.2 Å². The number of carbonyl (C=O) groups is 1. The molecule has 162 valence electrons. The standard InChI is InChI=1S/C25H38O4/c1-22(2)19-12-13-23(3)18(9-7-11-21(26)27-5)8-6-10-20(23)24(19,4)14-15-25(22)28-16-17-29-25/h9-10,19H,6-8,11-17H2,1-5H3/b18-9+/t19-,23-,24-/m0/s1. The smallest absolute Gasteiger partial charge is 0.305 e. The Bertz CT molecular complexity index is 727. The minimum Gasteiger partial charge on any atom is -0.469 e. The molecule has 0 bridgehead atoms. The van der Waals surface area contributed by atoms with Crippen LogP contribution in [-0.4, -0.2) is 32.1 Å². The number of esters is 1. The van der Waals surface area contributed by atoms with Gasteiger partial charge in [0.15, 0.2) is 5.79 Å². The molecule has 3 fully saturated rings. The number of hydrogen-bond donors (Lipinski definition) is 0. The summed E-state index contributed by atoms with van der Waals surface area (Å²) >= 11 is 0. The second-order valence-electron chi connectivity index (χ2n) is 10.5. The highest BCUT2D eigenvalue weighted by Gasteiger charge is 2.65. The van der Waals surface area contributed by atoms with Crippen LogP contribution in [0.1, 0.15) is 79.1 Å². The normalized spacial score (nSPS) is 39.0. The van der Waals surface area contributed by atoms with E-state index in [0.29, 0.717) is 12.3 Å². The fraction of sp³-hybridized carbons (Fsp3) is 0.800. The average molecular weight is 403 g/mol. The monoisotopic (exact) mass is 402 g/mol. The van der Waals surface area contributed by atoms with Gasteiger partial charge in [-0.25, -0.2) is 0 Å². The van der Waals surface area contributed by atoms with Gasteiger partial charge in [-0.05, 0) is 49.9 Å². The Morgan fingerprint density at radius 3 is 2.59 bits per heavy atom. The summed E-state index contributed by atoms with van der Waals surface area (Å²) < 4.78 is 17.3. The molecule has 0 aromatic heterocycles. The summed E-state index contributed by atoms with van der Waals surface area (Å²) in [6.45, 7) is 11.1. The molecule has 1 aliphatic heterocycles. The van der Waals surface area contributed by atoms with Crippen molar-refractivity contribution in [3.8, 4) is 0 Å². The third-order valence-corrected chi connectivity index (χ3v) is 8.93. The van der Waals surface area contributed by atoms with E-state index in [0.717, 1.165) is 45.3 Å². The van der Waals surface area contributed by atoms with Crippen LogP contribution in [0.3, 0.4) is 0 Å². The van der Waals surface area contributed by atoms with Crippen molar-refractivity contribution in [3.05, 3.63) is 23.3 Å². The molecule has 0 aromatic carbocycles. The van der Waals surface area contributed by atoms with Gasteiger partial charge >= 0.3 is 5.97 Å². The summed E-state index contributed by atoms with van der Waals surface area (Å²) in [6.07, 6.45) is 12.8. The predicted octanol–water partition coefficient (Wildman–Crippen LogP) is 5.57. The minimum atomic E-state index is -0.403. The second-order valence-corrected chi connectivity index (χ2v) is 10.5. The molecule has 3 atom stereocenters. The number of methoxy groups -OCH3 is 1. The Morgan fingerprint density at radius 1 is 1.17 bits per heavy atom. The van der Waals surface area contributed by atoms with Crippen LogP contribution in [0.2, 0.25) is 0 Å². The summed E-state index contributed by atoms with van der Waals surface area (Å²) in [6, 6.07) is 0. The summed E-state index contributed by atoms with van der Waals surface area (Å²) in [4.78, 5) is 11.6. The topological polar surface area (TPSA) is 44.8 Å². The molecule has 1 saturated heterocycles. The first-order valence-corrected chi connectivity index (χ1v) is 11.4. The molecule has 1 spiro atoms. The minimum absolute atomic E-state index is 0.00905. The van der Waals surface area contributed by atoms with Crippen LogP contribution in [0.25, 0.3) is 0 Å². The van der Waals surface area contributed by atoms with Gasteiger partial charge in [0.1, 0.15) is 0 Å². The zero-order valence-corrected chi connectivity index (χ0v) is 18.9. The Labute approximate surface area is 176 Å². The van der Waals surface area contributed by atoms with Crippen LogP contribution in [0.15, 0.2) is 23.3 Å². The maximum absolute atomic E-state index is 11.6. The van der Waals surface area contributed by atoms with Crippen molar-refractivity contribution < 1.29 is 19.0 Å². The van der Waals surface area contributed by atoms with E-state index >= 15 is 0 Å². The predicted molar refractivity (Wildman–Crippen MR) is 113 cm³/mol. The number of fused-ring (bicyclic) bond motifs is 3. The molecule has 1 heterocycles. The summed E-state index contributed by atoms with van der Waals surface area (Å²) in [5, 5.41) is 0. The maximum Gasteiger partial charge on any atom is 0.305 e. The van der Waals surface area contributed by atoms with Gasteiger partial charge in [-0.2, -0.15) is 0 Å². The zero-order valence-electron chi connectivity index (χ0n) is 18.9. The van der Waals surface area contributed by atoms with Gasteiger partial charge in [-0.1, -0.05) is 51.0 Å². The largest absolute Gasteiger partial charge is 0.469 e. The molecule has 4 rings (SSSR count). The van der Waals surface area contributed by atoms with E-state index in [2.05, 4.69) is 39.8 Å². The van der Waals surface area contributed by atoms with E-state index in [1.807, 2.05) is 0 Å². The Morgan fingerprint density at radius 2 is 1.90 bits per heavy atom. The fourth-order valence-electron chi connectivity index (χ4n) is 7.39. The fourth-order valence-corrected chi connectivity index (χ4v) is 7.39. The third-order valence-electron chi connectivity index (χ3n) is 8.93. The van der Waals surface area contributed by atoms with E-state index in [1.165, 1.54) is 25.5 Å². The van der Waals surface area contributed by atoms with E-state index < -0.39 is 5.79 Å². The Balaban J connectivity index is 1.63. The highest BCUT2D eigenvalue weighted by atomic mass is 16.7. The second kappa shape index (κ2) is 7.23.